The number of morpholine rings is 1. The maximum Gasteiger partial charge on any atom is 0.227 e. The van der Waals surface area contributed by atoms with Gasteiger partial charge < -0.3 is 15.0 Å². The van der Waals surface area contributed by atoms with E-state index in [2.05, 4.69) is 31.4 Å². The minimum absolute atomic E-state index is 0.410. The molecular weight excluding hydrogens is 330 g/mol. The van der Waals surface area contributed by atoms with Gasteiger partial charge in [0.1, 0.15) is 5.82 Å². The highest BCUT2D eigenvalue weighted by Gasteiger charge is 2.21. The average molecular weight is 357 g/mol. The molecule has 1 N–H and O–H groups in total. The number of nitrogens with one attached hydrogen (secondary N) is 1. The molecule has 1 unspecified atom stereocenters. The first-order valence-corrected chi connectivity index (χ1v) is 9.38. The Balaban J connectivity index is 1.35. The average Bonchev–Trinajstić information content (AvgIpc) is 3.08. The highest BCUT2D eigenvalue weighted by Crippen LogP contribution is 2.18. The van der Waals surface area contributed by atoms with Crippen LogP contribution in [0.3, 0.4) is 0 Å². The van der Waals surface area contributed by atoms with Gasteiger partial charge in [0.2, 0.25) is 5.95 Å². The summed E-state index contributed by atoms with van der Waals surface area (Å²) in [5.74, 6) is 1.70. The SMILES string of the molecule is Cn1cc(CN2CCCC(Nc3ccnc(N4CCOCC4)n3)C2)cn1. The summed E-state index contributed by atoms with van der Waals surface area (Å²) >= 11 is 0. The molecule has 2 saturated heterocycles. The molecule has 0 aromatic carbocycles. The standard InChI is InChI=1S/C18H27N7O/c1-23-12-15(11-20-23)13-24-6-2-3-16(14-24)21-17-4-5-19-18(22-17)25-7-9-26-10-8-25/h4-5,11-12,16H,2-3,6-10,13-14H2,1H3,(H,19,21,22). The number of rotatable bonds is 5. The van der Waals surface area contributed by atoms with Gasteiger partial charge in [-0.25, -0.2) is 4.98 Å². The van der Waals surface area contributed by atoms with Crippen molar-refractivity contribution in [2.75, 3.05) is 49.6 Å². The largest absolute Gasteiger partial charge is 0.378 e. The first-order chi connectivity index (χ1) is 12.8. The fourth-order valence-corrected chi connectivity index (χ4v) is 3.68. The second-order valence-corrected chi connectivity index (χ2v) is 7.08. The summed E-state index contributed by atoms with van der Waals surface area (Å²) in [7, 11) is 1.96. The predicted molar refractivity (Wildman–Crippen MR) is 100 cm³/mol. The van der Waals surface area contributed by atoms with E-state index in [1.54, 1.807) is 0 Å². The van der Waals surface area contributed by atoms with Crippen LogP contribution < -0.4 is 10.2 Å². The molecule has 2 fully saturated rings. The third-order valence-corrected chi connectivity index (χ3v) is 4.96. The van der Waals surface area contributed by atoms with Crippen molar-refractivity contribution in [3.8, 4) is 0 Å². The van der Waals surface area contributed by atoms with Gasteiger partial charge in [-0.05, 0) is 25.5 Å². The Labute approximate surface area is 154 Å². The zero-order valence-electron chi connectivity index (χ0n) is 15.3. The summed E-state index contributed by atoms with van der Waals surface area (Å²) in [4.78, 5) is 13.8. The zero-order valence-corrected chi connectivity index (χ0v) is 15.3. The topological polar surface area (TPSA) is 71.3 Å². The normalized spacial score (nSPS) is 21.7. The molecule has 4 rings (SSSR count). The monoisotopic (exact) mass is 357 g/mol. The highest BCUT2D eigenvalue weighted by atomic mass is 16.5. The fraction of sp³-hybridized carbons (Fsp3) is 0.611. The van der Waals surface area contributed by atoms with E-state index in [0.717, 1.165) is 57.7 Å². The minimum Gasteiger partial charge on any atom is -0.378 e. The smallest absolute Gasteiger partial charge is 0.227 e. The van der Waals surface area contributed by atoms with Crippen molar-refractivity contribution in [1.82, 2.24) is 24.6 Å². The van der Waals surface area contributed by atoms with Gasteiger partial charge in [-0.3, -0.25) is 9.58 Å². The van der Waals surface area contributed by atoms with E-state index < -0.39 is 0 Å². The number of hydrogen-bond acceptors (Lipinski definition) is 7. The molecule has 0 radical (unpaired) electrons. The number of aryl methyl sites for hydroxylation is 1. The van der Waals surface area contributed by atoms with Gasteiger partial charge in [-0.2, -0.15) is 10.1 Å². The molecule has 2 aliphatic rings. The van der Waals surface area contributed by atoms with E-state index in [1.165, 1.54) is 18.4 Å². The van der Waals surface area contributed by atoms with Crippen LogP contribution in [0.5, 0.6) is 0 Å². The zero-order chi connectivity index (χ0) is 17.8. The summed E-state index contributed by atoms with van der Waals surface area (Å²) in [6, 6.07) is 2.37. The number of nitrogens with zero attached hydrogens (tertiary/aromatic N) is 6. The van der Waals surface area contributed by atoms with Crippen molar-refractivity contribution in [3.05, 3.63) is 30.2 Å². The molecule has 8 heteroatoms. The molecule has 2 aromatic heterocycles. The van der Waals surface area contributed by atoms with Gasteiger partial charge in [0.25, 0.3) is 0 Å². The number of anilines is 2. The molecule has 1 atom stereocenters. The summed E-state index contributed by atoms with van der Waals surface area (Å²) in [6.07, 6.45) is 8.25. The minimum atomic E-state index is 0.410. The van der Waals surface area contributed by atoms with Gasteiger partial charge >= 0.3 is 0 Å². The lowest BCUT2D eigenvalue weighted by Crippen LogP contribution is -2.42. The second kappa shape index (κ2) is 8.01. The molecule has 140 valence electrons. The van der Waals surface area contributed by atoms with E-state index >= 15 is 0 Å². The van der Waals surface area contributed by atoms with Crippen LogP contribution in [0.1, 0.15) is 18.4 Å². The molecule has 0 saturated carbocycles. The van der Waals surface area contributed by atoms with E-state index in [-0.39, 0.29) is 0 Å². The Kier molecular flexibility index (Phi) is 5.31. The lowest BCUT2D eigenvalue weighted by atomic mass is 10.1. The summed E-state index contributed by atoms with van der Waals surface area (Å²) in [5.41, 5.74) is 1.27. The third-order valence-electron chi connectivity index (χ3n) is 4.96. The number of likely N-dealkylation sites (tertiary alicyclic amines) is 1. The Morgan fingerprint density at radius 2 is 2.15 bits per heavy atom. The number of hydrogen-bond donors (Lipinski definition) is 1. The van der Waals surface area contributed by atoms with E-state index in [9.17, 15) is 0 Å². The van der Waals surface area contributed by atoms with Crippen LogP contribution >= 0.6 is 0 Å². The Hall–Kier alpha value is -2.19. The Morgan fingerprint density at radius 3 is 2.96 bits per heavy atom. The van der Waals surface area contributed by atoms with Crippen LogP contribution in [-0.4, -0.2) is 70.1 Å². The molecule has 8 nitrogen and oxygen atoms in total. The third kappa shape index (κ3) is 4.31. The number of ether oxygens (including phenoxy) is 1. The van der Waals surface area contributed by atoms with E-state index in [4.69, 9.17) is 9.72 Å². The molecule has 0 aliphatic carbocycles. The quantitative estimate of drug-likeness (QED) is 0.860. The first kappa shape index (κ1) is 17.2. The van der Waals surface area contributed by atoms with Crippen LogP contribution in [0, 0.1) is 0 Å². The lowest BCUT2D eigenvalue weighted by molar-refractivity contribution is 0.122. The summed E-state index contributed by atoms with van der Waals surface area (Å²) in [5, 5.41) is 7.88. The van der Waals surface area contributed by atoms with Gasteiger partial charge in [0, 0.05) is 57.2 Å². The van der Waals surface area contributed by atoms with Gasteiger partial charge in [0.05, 0.1) is 19.4 Å². The second-order valence-electron chi connectivity index (χ2n) is 7.08. The molecule has 0 bridgehead atoms. The van der Waals surface area contributed by atoms with Crippen molar-refractivity contribution in [1.29, 1.82) is 0 Å². The molecule has 0 amide bonds. The maximum atomic E-state index is 5.41. The number of piperidine rings is 1. The van der Waals surface area contributed by atoms with Crippen molar-refractivity contribution >= 4 is 11.8 Å². The molecule has 26 heavy (non-hydrogen) atoms. The Bertz CT molecular complexity index is 713. The van der Waals surface area contributed by atoms with Gasteiger partial charge in [-0.15, -0.1) is 0 Å². The number of aromatic nitrogens is 4. The van der Waals surface area contributed by atoms with Crippen LogP contribution in [0.25, 0.3) is 0 Å². The molecule has 4 heterocycles. The fourth-order valence-electron chi connectivity index (χ4n) is 3.68. The van der Waals surface area contributed by atoms with Crippen LogP contribution in [-0.2, 0) is 18.3 Å². The van der Waals surface area contributed by atoms with Gasteiger partial charge in [-0.1, -0.05) is 0 Å². The molecule has 2 aromatic rings. The maximum absolute atomic E-state index is 5.41. The van der Waals surface area contributed by atoms with Gasteiger partial charge in [0.15, 0.2) is 0 Å². The highest BCUT2D eigenvalue weighted by molar-refractivity contribution is 5.42. The summed E-state index contributed by atoms with van der Waals surface area (Å²) in [6.45, 7) is 6.30. The first-order valence-electron chi connectivity index (χ1n) is 9.38. The van der Waals surface area contributed by atoms with Crippen molar-refractivity contribution < 1.29 is 4.74 Å². The van der Waals surface area contributed by atoms with Crippen molar-refractivity contribution in [2.24, 2.45) is 7.05 Å². The van der Waals surface area contributed by atoms with Crippen LogP contribution in [0.15, 0.2) is 24.7 Å². The molecule has 0 spiro atoms. The molecule has 2 aliphatic heterocycles. The van der Waals surface area contributed by atoms with Crippen molar-refractivity contribution in [3.63, 3.8) is 0 Å². The Morgan fingerprint density at radius 1 is 1.27 bits per heavy atom. The van der Waals surface area contributed by atoms with E-state index in [1.807, 2.05) is 30.2 Å². The lowest BCUT2D eigenvalue weighted by Gasteiger charge is -2.33. The van der Waals surface area contributed by atoms with Crippen LogP contribution in [0.4, 0.5) is 11.8 Å². The van der Waals surface area contributed by atoms with Crippen LogP contribution in [0.2, 0.25) is 0 Å². The van der Waals surface area contributed by atoms with E-state index in [0.29, 0.717) is 6.04 Å². The predicted octanol–water partition coefficient (Wildman–Crippen LogP) is 1.12. The molecular formula is C18H27N7O. The summed E-state index contributed by atoms with van der Waals surface area (Å²) < 4.78 is 7.27. The van der Waals surface area contributed by atoms with Crippen molar-refractivity contribution in [2.45, 2.75) is 25.4 Å².